The van der Waals surface area contributed by atoms with Gasteiger partial charge in [-0.1, -0.05) is 23.8 Å². The monoisotopic (exact) mass is 464 g/mol. The summed E-state index contributed by atoms with van der Waals surface area (Å²) in [5.41, 5.74) is 4.07. The highest BCUT2D eigenvalue weighted by Gasteiger charge is 2.30. The molecule has 7 nitrogen and oxygen atoms in total. The third-order valence-corrected chi connectivity index (χ3v) is 8.48. The van der Waals surface area contributed by atoms with Gasteiger partial charge in [-0.3, -0.25) is 4.79 Å². The Balaban J connectivity index is 1.32. The van der Waals surface area contributed by atoms with Crippen molar-refractivity contribution in [1.29, 1.82) is 0 Å². The standard InChI is InChI=1S/C25H28N4O3S/c1-19-6-9-22(10-7-19)29-25(30)13-12-24(26-29)27-14-16-28(17-15-27)33(31,32)23-11-8-20-4-2-3-5-21(20)18-23/h6-13,18H,2-5,14-17H2,1H3. The highest BCUT2D eigenvalue weighted by Crippen LogP contribution is 2.26. The first-order valence-electron chi connectivity index (χ1n) is 11.5. The number of nitrogens with zero attached hydrogens (tertiary/aromatic N) is 4. The summed E-state index contributed by atoms with van der Waals surface area (Å²) in [5.74, 6) is 0.668. The van der Waals surface area contributed by atoms with Crippen LogP contribution in [0.25, 0.3) is 5.69 Å². The molecule has 1 fully saturated rings. The number of aromatic nitrogens is 2. The van der Waals surface area contributed by atoms with Gasteiger partial charge in [0.25, 0.3) is 5.56 Å². The number of aryl methyl sites for hydroxylation is 3. The van der Waals surface area contributed by atoms with Crippen LogP contribution in [0.5, 0.6) is 0 Å². The van der Waals surface area contributed by atoms with Crippen molar-refractivity contribution in [3.8, 4) is 5.69 Å². The fourth-order valence-corrected chi connectivity index (χ4v) is 6.09. The number of anilines is 1. The number of benzene rings is 2. The Morgan fingerprint density at radius 1 is 0.818 bits per heavy atom. The van der Waals surface area contributed by atoms with Crippen LogP contribution in [0.15, 0.2) is 64.3 Å². The molecule has 0 bridgehead atoms. The van der Waals surface area contributed by atoms with Gasteiger partial charge in [0, 0.05) is 32.2 Å². The first-order valence-corrected chi connectivity index (χ1v) is 12.9. The molecule has 8 heteroatoms. The topological polar surface area (TPSA) is 75.5 Å². The van der Waals surface area contributed by atoms with Gasteiger partial charge in [0.05, 0.1) is 10.6 Å². The van der Waals surface area contributed by atoms with Crippen LogP contribution in [0.1, 0.15) is 29.5 Å². The van der Waals surface area contributed by atoms with Crippen molar-refractivity contribution in [2.24, 2.45) is 0 Å². The summed E-state index contributed by atoms with van der Waals surface area (Å²) in [6.07, 6.45) is 4.28. The lowest BCUT2D eigenvalue weighted by Gasteiger charge is -2.34. The van der Waals surface area contributed by atoms with Gasteiger partial charge in [0.1, 0.15) is 5.82 Å². The Bertz CT molecular complexity index is 1320. The summed E-state index contributed by atoms with van der Waals surface area (Å²) in [5, 5.41) is 4.55. The van der Waals surface area contributed by atoms with E-state index < -0.39 is 10.0 Å². The molecule has 1 aromatic heterocycles. The molecular weight excluding hydrogens is 436 g/mol. The van der Waals surface area contributed by atoms with Gasteiger partial charge in [0.2, 0.25) is 10.0 Å². The van der Waals surface area contributed by atoms with Crippen LogP contribution in [0.4, 0.5) is 5.82 Å². The Kier molecular flexibility index (Phi) is 5.80. The number of piperazine rings is 1. The summed E-state index contributed by atoms with van der Waals surface area (Å²) >= 11 is 0. The van der Waals surface area contributed by atoms with E-state index in [4.69, 9.17) is 0 Å². The van der Waals surface area contributed by atoms with E-state index in [1.54, 1.807) is 16.4 Å². The summed E-state index contributed by atoms with van der Waals surface area (Å²) in [6, 6.07) is 16.5. The first kappa shape index (κ1) is 21.9. The van der Waals surface area contributed by atoms with Crippen LogP contribution in [0, 0.1) is 6.92 Å². The number of fused-ring (bicyclic) bond motifs is 1. The molecule has 0 N–H and O–H groups in total. The molecule has 2 aromatic carbocycles. The molecule has 2 heterocycles. The van der Waals surface area contributed by atoms with Crippen molar-refractivity contribution in [2.75, 3.05) is 31.1 Å². The fourth-order valence-electron chi connectivity index (χ4n) is 4.62. The minimum Gasteiger partial charge on any atom is -0.353 e. The van der Waals surface area contributed by atoms with E-state index in [1.165, 1.54) is 28.3 Å². The summed E-state index contributed by atoms with van der Waals surface area (Å²) in [4.78, 5) is 14.8. The molecule has 1 saturated heterocycles. The van der Waals surface area contributed by atoms with Gasteiger partial charge >= 0.3 is 0 Å². The number of sulfonamides is 1. The van der Waals surface area contributed by atoms with Gasteiger partial charge in [-0.2, -0.15) is 8.99 Å². The quantitative estimate of drug-likeness (QED) is 0.594. The van der Waals surface area contributed by atoms with Crippen molar-refractivity contribution >= 4 is 15.8 Å². The average molecular weight is 465 g/mol. The maximum Gasteiger partial charge on any atom is 0.271 e. The molecule has 1 aliphatic carbocycles. The third kappa shape index (κ3) is 4.32. The lowest BCUT2D eigenvalue weighted by atomic mass is 9.92. The van der Waals surface area contributed by atoms with Gasteiger partial charge in [0.15, 0.2) is 0 Å². The molecule has 0 saturated carbocycles. The SMILES string of the molecule is Cc1ccc(-n2nc(N3CCN(S(=O)(=O)c4ccc5c(c4)CCCC5)CC3)ccc2=O)cc1. The van der Waals surface area contributed by atoms with Crippen molar-refractivity contribution < 1.29 is 8.42 Å². The van der Waals surface area contributed by atoms with Crippen LogP contribution < -0.4 is 10.5 Å². The molecule has 2 aliphatic rings. The number of rotatable bonds is 4. The van der Waals surface area contributed by atoms with Gasteiger partial charge in [-0.15, -0.1) is 5.10 Å². The summed E-state index contributed by atoms with van der Waals surface area (Å²) in [6.45, 7) is 3.79. The van der Waals surface area contributed by atoms with Crippen LogP contribution in [-0.4, -0.2) is 48.7 Å². The Hall–Kier alpha value is -2.97. The number of hydrogen-bond donors (Lipinski definition) is 0. The molecule has 33 heavy (non-hydrogen) atoms. The smallest absolute Gasteiger partial charge is 0.271 e. The molecule has 0 atom stereocenters. The van der Waals surface area contributed by atoms with Gasteiger partial charge in [-0.05, 0) is 74.1 Å². The van der Waals surface area contributed by atoms with Crippen LogP contribution in [-0.2, 0) is 22.9 Å². The summed E-state index contributed by atoms with van der Waals surface area (Å²) < 4.78 is 29.5. The first-order chi connectivity index (χ1) is 15.9. The summed E-state index contributed by atoms with van der Waals surface area (Å²) in [7, 11) is -3.53. The molecule has 0 radical (unpaired) electrons. The van der Waals surface area contributed by atoms with E-state index in [9.17, 15) is 13.2 Å². The molecule has 5 rings (SSSR count). The maximum absolute atomic E-state index is 13.3. The molecule has 3 aromatic rings. The predicted octanol–water partition coefficient (Wildman–Crippen LogP) is 2.93. The van der Waals surface area contributed by atoms with E-state index in [-0.39, 0.29) is 5.56 Å². The molecule has 0 unspecified atom stereocenters. The molecule has 0 spiro atoms. The van der Waals surface area contributed by atoms with Gasteiger partial charge < -0.3 is 4.90 Å². The van der Waals surface area contributed by atoms with E-state index in [1.807, 2.05) is 48.2 Å². The van der Waals surface area contributed by atoms with Crippen LogP contribution in [0.3, 0.4) is 0 Å². The molecular formula is C25H28N4O3S. The second kappa shape index (κ2) is 8.76. The van der Waals surface area contributed by atoms with E-state index in [0.29, 0.717) is 42.6 Å². The fraction of sp³-hybridized carbons (Fsp3) is 0.360. The van der Waals surface area contributed by atoms with E-state index in [2.05, 4.69) is 5.10 Å². The molecule has 1 aliphatic heterocycles. The van der Waals surface area contributed by atoms with E-state index in [0.717, 1.165) is 24.8 Å². The third-order valence-electron chi connectivity index (χ3n) is 6.59. The lowest BCUT2D eigenvalue weighted by molar-refractivity contribution is 0.383. The Morgan fingerprint density at radius 3 is 2.24 bits per heavy atom. The van der Waals surface area contributed by atoms with Crippen LogP contribution in [0.2, 0.25) is 0 Å². The molecule has 0 amide bonds. The average Bonchev–Trinajstić information content (AvgIpc) is 2.85. The largest absolute Gasteiger partial charge is 0.353 e. The van der Waals surface area contributed by atoms with E-state index >= 15 is 0 Å². The zero-order chi connectivity index (χ0) is 23.0. The van der Waals surface area contributed by atoms with Gasteiger partial charge in [-0.25, -0.2) is 8.42 Å². The zero-order valence-electron chi connectivity index (χ0n) is 18.8. The minimum atomic E-state index is -3.53. The predicted molar refractivity (Wildman–Crippen MR) is 129 cm³/mol. The van der Waals surface area contributed by atoms with Crippen molar-refractivity contribution in [3.05, 3.63) is 81.6 Å². The second-order valence-electron chi connectivity index (χ2n) is 8.81. The number of hydrogen-bond acceptors (Lipinski definition) is 5. The minimum absolute atomic E-state index is 0.198. The second-order valence-corrected chi connectivity index (χ2v) is 10.7. The Labute approximate surface area is 194 Å². The normalized spacial score (nSPS) is 17.1. The van der Waals surface area contributed by atoms with Crippen molar-refractivity contribution in [2.45, 2.75) is 37.5 Å². The molecule has 172 valence electrons. The maximum atomic E-state index is 13.3. The Morgan fingerprint density at radius 2 is 1.52 bits per heavy atom. The zero-order valence-corrected chi connectivity index (χ0v) is 19.6. The van der Waals surface area contributed by atoms with Crippen LogP contribution >= 0.6 is 0 Å². The van der Waals surface area contributed by atoms with Crippen molar-refractivity contribution in [3.63, 3.8) is 0 Å². The highest BCUT2D eigenvalue weighted by molar-refractivity contribution is 7.89. The highest BCUT2D eigenvalue weighted by atomic mass is 32.2. The lowest BCUT2D eigenvalue weighted by Crippen LogP contribution is -2.49. The van der Waals surface area contributed by atoms with Crippen molar-refractivity contribution in [1.82, 2.24) is 14.1 Å².